The predicted molar refractivity (Wildman–Crippen MR) is 71.2 cm³/mol. The molecule has 0 radical (unpaired) electrons. The smallest absolute Gasteiger partial charge is 0.110 e. The van der Waals surface area contributed by atoms with Gasteiger partial charge in [0.1, 0.15) is 5.01 Å². The molecule has 0 bridgehead atoms. The Morgan fingerprint density at radius 2 is 2.19 bits per heavy atom. The fourth-order valence-corrected chi connectivity index (χ4v) is 3.16. The number of aromatic nitrogens is 1. The summed E-state index contributed by atoms with van der Waals surface area (Å²) in [5, 5.41) is 6.77. The van der Waals surface area contributed by atoms with E-state index in [-0.39, 0.29) is 0 Å². The maximum absolute atomic E-state index is 4.49. The Morgan fingerprint density at radius 1 is 1.38 bits per heavy atom. The van der Waals surface area contributed by atoms with Crippen LogP contribution in [0.3, 0.4) is 0 Å². The Hall–Kier alpha value is -0.710. The molecule has 86 valence electrons. The first kappa shape index (κ1) is 11.8. The molecule has 0 spiro atoms. The zero-order valence-electron chi connectivity index (χ0n) is 9.78. The van der Waals surface area contributed by atoms with Crippen molar-refractivity contribution in [3.05, 3.63) is 38.0 Å². The second-order valence-corrected chi connectivity index (χ2v) is 6.20. The lowest BCUT2D eigenvalue weighted by molar-refractivity contribution is 0.575. The van der Waals surface area contributed by atoms with Gasteiger partial charge < -0.3 is 5.32 Å². The minimum absolute atomic E-state index is 0.334. The van der Waals surface area contributed by atoms with E-state index < -0.39 is 0 Å². The molecule has 0 aliphatic rings. The number of rotatable bonds is 4. The van der Waals surface area contributed by atoms with Crippen LogP contribution in [0.5, 0.6) is 0 Å². The summed E-state index contributed by atoms with van der Waals surface area (Å²) >= 11 is 3.58. The standard InChI is InChI=1S/C12H16N2S2/c1-8-7-15-12(14-8)10(3)13-6-11-5-4-9(2)16-11/h4-5,7,10,13H,6H2,1-3H3. The fraction of sp³-hybridized carbons (Fsp3) is 0.417. The lowest BCUT2D eigenvalue weighted by Crippen LogP contribution is -2.17. The Labute approximate surface area is 104 Å². The molecule has 16 heavy (non-hydrogen) atoms. The van der Waals surface area contributed by atoms with Gasteiger partial charge in [0.25, 0.3) is 0 Å². The highest BCUT2D eigenvalue weighted by Crippen LogP contribution is 2.19. The number of thiophene rings is 1. The van der Waals surface area contributed by atoms with Crippen LogP contribution in [-0.4, -0.2) is 4.98 Å². The molecule has 2 rings (SSSR count). The molecule has 0 aromatic carbocycles. The minimum Gasteiger partial charge on any atom is -0.303 e. The number of hydrogen-bond acceptors (Lipinski definition) is 4. The Balaban J connectivity index is 1.91. The summed E-state index contributed by atoms with van der Waals surface area (Å²) in [6.45, 7) is 7.27. The molecule has 2 aromatic rings. The van der Waals surface area contributed by atoms with Crippen molar-refractivity contribution in [2.24, 2.45) is 0 Å². The summed E-state index contributed by atoms with van der Waals surface area (Å²) in [5.41, 5.74) is 1.11. The third-order valence-electron chi connectivity index (χ3n) is 2.39. The van der Waals surface area contributed by atoms with Crippen molar-refractivity contribution in [3.63, 3.8) is 0 Å². The van der Waals surface area contributed by atoms with Crippen LogP contribution in [0.2, 0.25) is 0 Å². The predicted octanol–water partition coefficient (Wildman–Crippen LogP) is 3.67. The van der Waals surface area contributed by atoms with Gasteiger partial charge in [0, 0.05) is 27.4 Å². The molecule has 2 heterocycles. The van der Waals surface area contributed by atoms with E-state index in [4.69, 9.17) is 0 Å². The Bertz CT molecular complexity index is 459. The monoisotopic (exact) mass is 252 g/mol. The minimum atomic E-state index is 0.334. The number of hydrogen-bond donors (Lipinski definition) is 1. The third-order valence-corrected chi connectivity index (χ3v) is 4.53. The van der Waals surface area contributed by atoms with E-state index in [9.17, 15) is 0 Å². The number of nitrogens with one attached hydrogen (secondary N) is 1. The molecule has 1 unspecified atom stereocenters. The zero-order chi connectivity index (χ0) is 11.5. The van der Waals surface area contributed by atoms with Gasteiger partial charge in [-0.25, -0.2) is 4.98 Å². The van der Waals surface area contributed by atoms with Crippen molar-refractivity contribution in [2.45, 2.75) is 33.4 Å². The van der Waals surface area contributed by atoms with Crippen LogP contribution in [0.15, 0.2) is 17.5 Å². The molecule has 0 fully saturated rings. The maximum atomic E-state index is 4.49. The highest BCUT2D eigenvalue weighted by atomic mass is 32.1. The van der Waals surface area contributed by atoms with Gasteiger partial charge in [0.2, 0.25) is 0 Å². The average Bonchev–Trinajstić information content (AvgIpc) is 2.84. The van der Waals surface area contributed by atoms with E-state index >= 15 is 0 Å². The topological polar surface area (TPSA) is 24.9 Å². The molecule has 0 amide bonds. The van der Waals surface area contributed by atoms with Crippen molar-refractivity contribution in [1.82, 2.24) is 10.3 Å². The van der Waals surface area contributed by atoms with Crippen LogP contribution < -0.4 is 5.32 Å². The first-order chi connectivity index (χ1) is 7.65. The summed E-state index contributed by atoms with van der Waals surface area (Å²) < 4.78 is 0. The molecule has 4 heteroatoms. The summed E-state index contributed by atoms with van der Waals surface area (Å²) in [6, 6.07) is 4.69. The van der Waals surface area contributed by atoms with Crippen molar-refractivity contribution < 1.29 is 0 Å². The summed E-state index contributed by atoms with van der Waals surface area (Å²) in [7, 11) is 0. The normalized spacial score (nSPS) is 12.9. The van der Waals surface area contributed by atoms with Gasteiger partial charge in [-0.3, -0.25) is 0 Å². The van der Waals surface area contributed by atoms with Crippen molar-refractivity contribution >= 4 is 22.7 Å². The molecule has 0 saturated heterocycles. The van der Waals surface area contributed by atoms with Gasteiger partial charge in [-0.1, -0.05) is 0 Å². The van der Waals surface area contributed by atoms with Gasteiger partial charge in [-0.15, -0.1) is 22.7 Å². The highest BCUT2D eigenvalue weighted by Gasteiger charge is 2.08. The largest absolute Gasteiger partial charge is 0.303 e. The maximum Gasteiger partial charge on any atom is 0.110 e. The van der Waals surface area contributed by atoms with E-state index in [0.29, 0.717) is 6.04 Å². The van der Waals surface area contributed by atoms with Crippen LogP contribution in [0.4, 0.5) is 0 Å². The fourth-order valence-electron chi connectivity index (χ4n) is 1.49. The van der Waals surface area contributed by atoms with E-state index in [1.165, 1.54) is 14.8 Å². The van der Waals surface area contributed by atoms with E-state index in [1.54, 1.807) is 11.3 Å². The number of thiazole rings is 1. The van der Waals surface area contributed by atoms with Crippen LogP contribution in [0.25, 0.3) is 0 Å². The third kappa shape index (κ3) is 2.90. The van der Waals surface area contributed by atoms with E-state index in [2.05, 4.69) is 41.7 Å². The molecule has 0 aliphatic heterocycles. The average molecular weight is 252 g/mol. The molecular formula is C12H16N2S2. The van der Waals surface area contributed by atoms with Crippen LogP contribution in [0.1, 0.15) is 33.4 Å². The summed E-state index contributed by atoms with van der Waals surface area (Å²) in [5.74, 6) is 0. The number of nitrogens with zero attached hydrogens (tertiary/aromatic N) is 1. The molecule has 1 atom stereocenters. The van der Waals surface area contributed by atoms with Gasteiger partial charge >= 0.3 is 0 Å². The first-order valence-electron chi connectivity index (χ1n) is 5.36. The van der Waals surface area contributed by atoms with E-state index in [1.807, 2.05) is 18.3 Å². The second-order valence-electron chi connectivity index (χ2n) is 3.94. The molecule has 1 N–H and O–H groups in total. The molecule has 0 aliphatic carbocycles. The van der Waals surface area contributed by atoms with Gasteiger partial charge in [-0.2, -0.15) is 0 Å². The van der Waals surface area contributed by atoms with Crippen molar-refractivity contribution in [3.8, 4) is 0 Å². The van der Waals surface area contributed by atoms with Crippen LogP contribution >= 0.6 is 22.7 Å². The lowest BCUT2D eigenvalue weighted by Gasteiger charge is -2.09. The van der Waals surface area contributed by atoms with E-state index in [0.717, 1.165) is 12.2 Å². The highest BCUT2D eigenvalue weighted by molar-refractivity contribution is 7.11. The van der Waals surface area contributed by atoms with Gasteiger partial charge in [0.15, 0.2) is 0 Å². The SMILES string of the molecule is Cc1csc(C(C)NCc2ccc(C)s2)n1. The molecule has 0 saturated carbocycles. The molecule has 2 aromatic heterocycles. The molecule has 2 nitrogen and oxygen atoms in total. The van der Waals surface area contributed by atoms with Crippen LogP contribution in [-0.2, 0) is 6.54 Å². The Morgan fingerprint density at radius 3 is 2.75 bits per heavy atom. The quantitative estimate of drug-likeness (QED) is 0.898. The number of aryl methyl sites for hydroxylation is 2. The summed E-state index contributed by atoms with van der Waals surface area (Å²) in [4.78, 5) is 7.24. The second kappa shape index (κ2) is 5.08. The Kier molecular flexibility index (Phi) is 3.74. The first-order valence-corrected chi connectivity index (χ1v) is 7.05. The summed E-state index contributed by atoms with van der Waals surface area (Å²) in [6.07, 6.45) is 0. The van der Waals surface area contributed by atoms with Crippen molar-refractivity contribution in [1.29, 1.82) is 0 Å². The molecular weight excluding hydrogens is 236 g/mol. The van der Waals surface area contributed by atoms with Crippen molar-refractivity contribution in [2.75, 3.05) is 0 Å². The lowest BCUT2D eigenvalue weighted by atomic mass is 10.3. The van der Waals surface area contributed by atoms with Gasteiger partial charge in [0.05, 0.1) is 6.04 Å². The van der Waals surface area contributed by atoms with Gasteiger partial charge in [-0.05, 0) is 32.9 Å². The van der Waals surface area contributed by atoms with Crippen LogP contribution in [0, 0.1) is 13.8 Å². The zero-order valence-corrected chi connectivity index (χ0v) is 11.4.